The van der Waals surface area contributed by atoms with Crippen molar-refractivity contribution in [2.45, 2.75) is 45.3 Å². The molecule has 112 valence electrons. The fourth-order valence-electron chi connectivity index (χ4n) is 2.56. The highest BCUT2D eigenvalue weighted by Gasteiger charge is 2.20. The quantitative estimate of drug-likeness (QED) is 0.836. The van der Waals surface area contributed by atoms with E-state index in [-0.39, 0.29) is 5.97 Å². The molecule has 5 heteroatoms. The van der Waals surface area contributed by atoms with Crippen molar-refractivity contribution in [3.63, 3.8) is 0 Å². The monoisotopic (exact) mass is 280 g/mol. The lowest BCUT2D eigenvalue weighted by Gasteiger charge is -2.34. The third-order valence-electron chi connectivity index (χ3n) is 3.90. The molecular weight excluding hydrogens is 256 g/mol. The van der Waals surface area contributed by atoms with Gasteiger partial charge in [0.25, 0.3) is 0 Å². The Balaban J connectivity index is 1.76. The Morgan fingerprint density at radius 2 is 2.20 bits per heavy atom. The van der Waals surface area contributed by atoms with Gasteiger partial charge in [-0.25, -0.2) is 4.79 Å². The van der Waals surface area contributed by atoms with Crippen molar-refractivity contribution in [2.24, 2.45) is 0 Å². The molecule has 20 heavy (non-hydrogen) atoms. The summed E-state index contributed by atoms with van der Waals surface area (Å²) >= 11 is 0. The zero-order valence-corrected chi connectivity index (χ0v) is 12.5. The van der Waals surface area contributed by atoms with Gasteiger partial charge in [0.2, 0.25) is 0 Å². The topological polar surface area (TPSA) is 54.7 Å². The number of piperidine rings is 1. The first-order valence-corrected chi connectivity index (χ1v) is 7.23. The van der Waals surface area contributed by atoms with E-state index >= 15 is 0 Å². The first kappa shape index (κ1) is 15.1. The van der Waals surface area contributed by atoms with Gasteiger partial charge in [0.05, 0.1) is 19.2 Å². The van der Waals surface area contributed by atoms with Gasteiger partial charge < -0.3 is 19.4 Å². The molecule has 1 aliphatic heterocycles. The molecule has 1 saturated heterocycles. The second-order valence-corrected chi connectivity index (χ2v) is 5.58. The van der Waals surface area contributed by atoms with Crippen LogP contribution in [0.5, 0.6) is 0 Å². The number of ether oxygens (including phenoxy) is 1. The molecule has 1 fully saturated rings. The lowest BCUT2D eigenvalue weighted by Crippen LogP contribution is -2.44. The first-order valence-electron chi connectivity index (χ1n) is 7.23. The number of nitrogens with zero attached hydrogens (tertiary/aromatic N) is 1. The second-order valence-electron chi connectivity index (χ2n) is 5.58. The van der Waals surface area contributed by atoms with E-state index in [2.05, 4.69) is 28.8 Å². The Morgan fingerprint density at radius 1 is 1.50 bits per heavy atom. The van der Waals surface area contributed by atoms with Crippen LogP contribution in [0.15, 0.2) is 16.7 Å². The Labute approximate surface area is 120 Å². The van der Waals surface area contributed by atoms with Gasteiger partial charge in [0.15, 0.2) is 0 Å². The van der Waals surface area contributed by atoms with Crippen LogP contribution >= 0.6 is 0 Å². The molecule has 0 bridgehead atoms. The first-order chi connectivity index (χ1) is 9.60. The summed E-state index contributed by atoms with van der Waals surface area (Å²) < 4.78 is 10.0. The van der Waals surface area contributed by atoms with Gasteiger partial charge in [-0.2, -0.15) is 0 Å². The summed E-state index contributed by atoms with van der Waals surface area (Å²) in [5.41, 5.74) is 0.471. The number of nitrogens with one attached hydrogen (secondary N) is 1. The lowest BCUT2D eigenvalue weighted by molar-refractivity contribution is 0.0600. The van der Waals surface area contributed by atoms with Gasteiger partial charge >= 0.3 is 5.97 Å². The normalized spacial score (nSPS) is 17.6. The average molecular weight is 280 g/mol. The SMILES string of the molecule is COC(=O)c1coc(CNC2CCN(C(C)C)CC2)c1. The average Bonchev–Trinajstić information content (AvgIpc) is 2.93. The molecule has 1 aromatic rings. The zero-order valence-electron chi connectivity index (χ0n) is 12.5. The molecule has 1 aromatic heterocycles. The van der Waals surface area contributed by atoms with Crippen molar-refractivity contribution >= 4 is 5.97 Å². The van der Waals surface area contributed by atoms with E-state index in [0.29, 0.717) is 24.2 Å². The Bertz CT molecular complexity index is 434. The van der Waals surface area contributed by atoms with Crippen LogP contribution in [-0.4, -0.2) is 43.2 Å². The fraction of sp³-hybridized carbons (Fsp3) is 0.667. The van der Waals surface area contributed by atoms with E-state index in [9.17, 15) is 4.79 Å². The molecular formula is C15H24N2O3. The van der Waals surface area contributed by atoms with E-state index < -0.39 is 0 Å². The highest BCUT2D eigenvalue weighted by atomic mass is 16.5. The minimum atomic E-state index is -0.356. The van der Waals surface area contributed by atoms with Crippen molar-refractivity contribution in [3.8, 4) is 0 Å². The molecule has 2 rings (SSSR count). The van der Waals surface area contributed by atoms with Crippen molar-refractivity contribution in [2.75, 3.05) is 20.2 Å². The number of esters is 1. The van der Waals surface area contributed by atoms with Crippen LogP contribution in [-0.2, 0) is 11.3 Å². The van der Waals surface area contributed by atoms with Gasteiger partial charge in [-0.1, -0.05) is 0 Å². The Kier molecular flexibility index (Phi) is 5.20. The van der Waals surface area contributed by atoms with E-state index in [1.807, 2.05) is 0 Å². The van der Waals surface area contributed by atoms with E-state index in [0.717, 1.165) is 31.7 Å². The number of furan rings is 1. The molecule has 5 nitrogen and oxygen atoms in total. The standard InChI is InChI=1S/C15H24N2O3/c1-11(2)17-6-4-13(5-7-17)16-9-14-8-12(10-20-14)15(18)19-3/h8,10-11,13,16H,4-7,9H2,1-3H3. The number of likely N-dealkylation sites (tertiary alicyclic amines) is 1. The highest BCUT2D eigenvalue weighted by Crippen LogP contribution is 2.14. The van der Waals surface area contributed by atoms with Crippen molar-refractivity contribution in [3.05, 3.63) is 23.7 Å². The fourth-order valence-corrected chi connectivity index (χ4v) is 2.56. The van der Waals surface area contributed by atoms with Crippen molar-refractivity contribution in [1.82, 2.24) is 10.2 Å². The number of hydrogen-bond donors (Lipinski definition) is 1. The number of rotatable bonds is 5. The van der Waals surface area contributed by atoms with Gasteiger partial charge in [-0.05, 0) is 45.8 Å². The van der Waals surface area contributed by atoms with Crippen molar-refractivity contribution in [1.29, 1.82) is 0 Å². The summed E-state index contributed by atoms with van der Waals surface area (Å²) in [6.45, 7) is 7.42. The lowest BCUT2D eigenvalue weighted by atomic mass is 10.0. The summed E-state index contributed by atoms with van der Waals surface area (Å²) in [7, 11) is 1.37. The zero-order chi connectivity index (χ0) is 14.5. The van der Waals surface area contributed by atoms with Crippen LogP contribution in [0.4, 0.5) is 0 Å². The summed E-state index contributed by atoms with van der Waals surface area (Å²) in [5, 5.41) is 3.50. The van der Waals surface area contributed by atoms with Crippen LogP contribution in [0.1, 0.15) is 42.8 Å². The maximum absolute atomic E-state index is 11.3. The number of hydrogen-bond acceptors (Lipinski definition) is 5. The summed E-state index contributed by atoms with van der Waals surface area (Å²) in [6, 6.07) is 2.89. The van der Waals surface area contributed by atoms with Crippen LogP contribution in [0, 0.1) is 0 Å². The van der Waals surface area contributed by atoms with Crippen LogP contribution in [0.2, 0.25) is 0 Å². The Morgan fingerprint density at radius 3 is 2.80 bits per heavy atom. The predicted molar refractivity (Wildman–Crippen MR) is 76.6 cm³/mol. The third kappa shape index (κ3) is 3.84. The van der Waals surface area contributed by atoms with Crippen LogP contribution < -0.4 is 5.32 Å². The maximum Gasteiger partial charge on any atom is 0.341 e. The van der Waals surface area contributed by atoms with Gasteiger partial charge in [-0.15, -0.1) is 0 Å². The molecule has 0 amide bonds. The molecule has 0 spiro atoms. The summed E-state index contributed by atoms with van der Waals surface area (Å²) in [4.78, 5) is 13.8. The van der Waals surface area contributed by atoms with Gasteiger partial charge in [-0.3, -0.25) is 0 Å². The molecule has 0 saturated carbocycles. The van der Waals surface area contributed by atoms with Crippen molar-refractivity contribution < 1.29 is 13.9 Å². The number of methoxy groups -OCH3 is 1. The van der Waals surface area contributed by atoms with E-state index in [4.69, 9.17) is 4.42 Å². The minimum Gasteiger partial charge on any atom is -0.467 e. The Hall–Kier alpha value is -1.33. The second kappa shape index (κ2) is 6.90. The van der Waals surface area contributed by atoms with Crippen LogP contribution in [0.25, 0.3) is 0 Å². The largest absolute Gasteiger partial charge is 0.467 e. The number of carbonyl (C=O) groups is 1. The maximum atomic E-state index is 11.3. The molecule has 0 atom stereocenters. The molecule has 0 aromatic carbocycles. The van der Waals surface area contributed by atoms with Gasteiger partial charge in [0, 0.05) is 12.1 Å². The molecule has 1 N–H and O–H groups in total. The number of carbonyl (C=O) groups excluding carboxylic acids is 1. The third-order valence-corrected chi connectivity index (χ3v) is 3.90. The minimum absolute atomic E-state index is 0.356. The molecule has 0 radical (unpaired) electrons. The summed E-state index contributed by atoms with van der Waals surface area (Å²) in [6.07, 6.45) is 3.76. The molecule has 2 heterocycles. The molecule has 1 aliphatic rings. The van der Waals surface area contributed by atoms with Crippen LogP contribution in [0.3, 0.4) is 0 Å². The van der Waals surface area contributed by atoms with E-state index in [1.165, 1.54) is 13.4 Å². The van der Waals surface area contributed by atoms with E-state index in [1.54, 1.807) is 6.07 Å². The molecule has 0 unspecified atom stereocenters. The highest BCUT2D eigenvalue weighted by molar-refractivity contribution is 5.88. The predicted octanol–water partition coefficient (Wildman–Crippen LogP) is 2.03. The smallest absolute Gasteiger partial charge is 0.341 e. The van der Waals surface area contributed by atoms with Gasteiger partial charge in [0.1, 0.15) is 12.0 Å². The molecule has 0 aliphatic carbocycles. The summed E-state index contributed by atoms with van der Waals surface area (Å²) in [5.74, 6) is 0.418.